The average molecular weight is 679 g/mol. The largest absolute Gasteiger partial charge is 0.445 e. The van der Waals surface area contributed by atoms with Crippen molar-refractivity contribution in [2.45, 2.75) is 97.7 Å². The van der Waals surface area contributed by atoms with E-state index >= 15 is 0 Å². The summed E-state index contributed by atoms with van der Waals surface area (Å²) in [6.07, 6.45) is 0.593. The number of hydrazone groups is 1. The third-order valence-corrected chi connectivity index (χ3v) is 11.5. The predicted octanol–water partition coefficient (Wildman–Crippen LogP) is 4.22. The molecule has 1 rings (SSSR count). The number of Topliss-reactive ketones (excluding diaryl/α,β-unsaturated/α-hetero) is 1. The molecular weight excluding hydrogens is 626 g/mol. The number of hydrogen-bond donors (Lipinski definition) is 6. The van der Waals surface area contributed by atoms with E-state index in [4.69, 9.17) is 4.74 Å². The first-order valence-corrected chi connectivity index (χ1v) is 18.2. The summed E-state index contributed by atoms with van der Waals surface area (Å²) >= 11 is 0. The molecule has 258 valence electrons. The molecular formula is C29H52N4O10P2. The van der Waals surface area contributed by atoms with Gasteiger partial charge in [-0.1, -0.05) is 78.3 Å². The third kappa shape index (κ3) is 15.0. The van der Waals surface area contributed by atoms with Crippen LogP contribution in [0, 0.1) is 11.8 Å². The van der Waals surface area contributed by atoms with Crippen LogP contribution in [0.5, 0.6) is 0 Å². The molecule has 0 bridgehead atoms. The lowest BCUT2D eigenvalue weighted by atomic mass is 9.97. The number of carbonyl (C=O) groups excluding carboxylic acids is 3. The van der Waals surface area contributed by atoms with Crippen LogP contribution in [-0.4, -0.2) is 79.2 Å². The molecule has 0 aliphatic heterocycles. The van der Waals surface area contributed by atoms with Gasteiger partial charge in [-0.15, -0.1) is 0 Å². The fraction of sp³-hybridized carbons (Fsp3) is 0.655. The molecule has 0 radical (unpaired) electrons. The van der Waals surface area contributed by atoms with Crippen LogP contribution >= 0.6 is 15.2 Å². The molecule has 14 nitrogen and oxygen atoms in total. The molecule has 0 saturated carbocycles. The molecule has 16 heteroatoms. The van der Waals surface area contributed by atoms with Gasteiger partial charge in [0, 0.05) is 19.7 Å². The zero-order valence-corrected chi connectivity index (χ0v) is 29.3. The molecule has 0 spiro atoms. The Morgan fingerprint density at radius 3 is 2.07 bits per heavy atom. The van der Waals surface area contributed by atoms with E-state index in [1.165, 1.54) is 18.3 Å². The van der Waals surface area contributed by atoms with Gasteiger partial charge in [-0.3, -0.25) is 23.7 Å². The highest BCUT2D eigenvalue weighted by molar-refractivity contribution is 7.72. The lowest BCUT2D eigenvalue weighted by Gasteiger charge is -2.30. The first-order valence-electron chi connectivity index (χ1n) is 15.0. The molecule has 0 heterocycles. The maximum absolute atomic E-state index is 13.3. The Labute approximate surface area is 266 Å². The van der Waals surface area contributed by atoms with Crippen molar-refractivity contribution in [3.63, 3.8) is 0 Å². The minimum atomic E-state index is -5.23. The number of likely N-dealkylation sites (N-methyl/N-ethyl adjacent to an activating group) is 1. The van der Waals surface area contributed by atoms with Crippen molar-refractivity contribution in [1.82, 2.24) is 15.6 Å². The van der Waals surface area contributed by atoms with E-state index in [9.17, 15) is 43.1 Å². The number of alkyl carbamates (subject to hydrolysis) is 1. The number of nitrogens with zero attached hydrogens (tertiary/aromatic N) is 2. The summed E-state index contributed by atoms with van der Waals surface area (Å²) in [4.78, 5) is 73.4. The van der Waals surface area contributed by atoms with Crippen LogP contribution in [0.25, 0.3) is 0 Å². The summed E-state index contributed by atoms with van der Waals surface area (Å²) in [7, 11) is -8.99. The van der Waals surface area contributed by atoms with E-state index in [1.54, 1.807) is 0 Å². The minimum Gasteiger partial charge on any atom is -0.445 e. The van der Waals surface area contributed by atoms with E-state index in [-0.39, 0.29) is 25.0 Å². The quantitative estimate of drug-likeness (QED) is 0.0734. The molecule has 0 fully saturated rings. The fourth-order valence-electron chi connectivity index (χ4n) is 3.94. The number of hydrogen-bond acceptors (Lipinski definition) is 8. The molecule has 1 aromatic carbocycles. The highest BCUT2D eigenvalue weighted by Gasteiger charge is 2.55. The summed E-state index contributed by atoms with van der Waals surface area (Å²) in [5, 5.41) is 11.0. The summed E-state index contributed by atoms with van der Waals surface area (Å²) in [6, 6.07) is 7.68. The Kier molecular flexibility index (Phi) is 18.7. The molecule has 45 heavy (non-hydrogen) atoms. The molecule has 0 aliphatic carbocycles. The van der Waals surface area contributed by atoms with Crippen molar-refractivity contribution in [3.05, 3.63) is 35.9 Å². The van der Waals surface area contributed by atoms with Gasteiger partial charge in [0.15, 0.2) is 10.7 Å². The zero-order valence-electron chi connectivity index (χ0n) is 27.5. The molecule has 6 N–H and O–H groups in total. The van der Waals surface area contributed by atoms with E-state index in [0.717, 1.165) is 12.5 Å². The van der Waals surface area contributed by atoms with E-state index in [0.29, 0.717) is 12.8 Å². The van der Waals surface area contributed by atoms with E-state index in [2.05, 4.69) is 15.7 Å². The number of benzene rings is 1. The minimum absolute atomic E-state index is 0.0487. The first kappa shape index (κ1) is 42.4. The SMILES string of the molecule is CC.CCC(C)C(NC(=O)OCc1ccccc1)C(=O)NC(/C=N/N(C)CC(=O)CCC(C)(P(=O)(O)O)P(=O)(O)O)CC(C)C. The maximum atomic E-state index is 13.3. The fourth-order valence-corrected chi connectivity index (χ4v) is 6.10. The monoisotopic (exact) mass is 678 g/mol. The number of carbonyl (C=O) groups is 3. The van der Waals surface area contributed by atoms with Crippen molar-refractivity contribution >= 4 is 39.2 Å². The van der Waals surface area contributed by atoms with Crippen molar-refractivity contribution < 1.29 is 47.8 Å². The Balaban J connectivity index is 0.00000947. The van der Waals surface area contributed by atoms with Gasteiger partial charge in [-0.05, 0) is 37.2 Å². The molecule has 3 atom stereocenters. The Morgan fingerprint density at radius 2 is 1.58 bits per heavy atom. The van der Waals surface area contributed by atoms with Gasteiger partial charge in [0.25, 0.3) is 0 Å². The summed E-state index contributed by atoms with van der Waals surface area (Å²) in [5.74, 6) is -1.05. The van der Waals surface area contributed by atoms with Crippen molar-refractivity contribution in [1.29, 1.82) is 0 Å². The number of amides is 2. The van der Waals surface area contributed by atoms with Gasteiger partial charge in [-0.25, -0.2) is 4.79 Å². The second-order valence-electron chi connectivity index (χ2n) is 11.2. The zero-order chi connectivity index (χ0) is 35.0. The molecule has 0 aliphatic rings. The lowest BCUT2D eigenvalue weighted by molar-refractivity contribution is -0.124. The lowest BCUT2D eigenvalue weighted by Crippen LogP contribution is -2.53. The van der Waals surface area contributed by atoms with Crippen molar-refractivity contribution in [3.8, 4) is 0 Å². The average Bonchev–Trinajstić information content (AvgIpc) is 2.96. The van der Waals surface area contributed by atoms with Crippen LogP contribution in [0.2, 0.25) is 0 Å². The topological polar surface area (TPSA) is 215 Å². The van der Waals surface area contributed by atoms with E-state index < -0.39 is 62.8 Å². The smallest absolute Gasteiger partial charge is 0.408 e. The highest BCUT2D eigenvalue weighted by Crippen LogP contribution is 2.70. The van der Waals surface area contributed by atoms with Gasteiger partial charge >= 0.3 is 21.3 Å². The van der Waals surface area contributed by atoms with Crippen LogP contribution < -0.4 is 10.6 Å². The molecule has 0 saturated heterocycles. The van der Waals surface area contributed by atoms with Gasteiger partial charge in [-0.2, -0.15) is 5.10 Å². The van der Waals surface area contributed by atoms with Crippen molar-refractivity contribution in [2.75, 3.05) is 13.6 Å². The second-order valence-corrected chi connectivity index (χ2v) is 15.7. The molecule has 3 unspecified atom stereocenters. The standard InChI is InChI=1S/C27H46N4O10P2.C2H6/c1-7-20(4)24(30-26(34)41-18-21-11-9-8-10-12-21)25(33)29-22(15-19(2)3)16-28-31(6)17-23(32)13-14-27(5,42(35,36)37)43(38,39)40;1-2/h8-12,16,19-20,22,24H,7,13-15,17-18H2,1-6H3,(H,29,33)(H,30,34)(H2,35,36,37)(H2,38,39,40);1-2H3/b28-16+;. The second kappa shape index (κ2) is 19.8. The van der Waals surface area contributed by atoms with E-state index in [1.807, 2.05) is 71.9 Å². The van der Waals surface area contributed by atoms with Gasteiger partial charge < -0.3 is 34.9 Å². The number of rotatable bonds is 18. The number of ether oxygens (including phenoxy) is 1. The van der Waals surface area contributed by atoms with Crippen LogP contribution in [0.1, 0.15) is 79.7 Å². The molecule has 0 aromatic heterocycles. The van der Waals surface area contributed by atoms with Crippen molar-refractivity contribution in [2.24, 2.45) is 16.9 Å². The Hall–Kier alpha value is -2.60. The van der Waals surface area contributed by atoms with Gasteiger partial charge in [0.1, 0.15) is 12.6 Å². The van der Waals surface area contributed by atoms with Crippen LogP contribution in [0.3, 0.4) is 0 Å². The summed E-state index contributed by atoms with van der Waals surface area (Å²) < 4.78 is 28.8. The number of ketones is 1. The highest BCUT2D eigenvalue weighted by atomic mass is 31.2. The van der Waals surface area contributed by atoms with Gasteiger partial charge in [0.2, 0.25) is 5.91 Å². The Morgan fingerprint density at radius 1 is 1.02 bits per heavy atom. The normalized spacial score (nSPS) is 14.2. The molecule has 1 aromatic rings. The summed E-state index contributed by atoms with van der Waals surface area (Å²) in [5.41, 5.74) is 0.801. The maximum Gasteiger partial charge on any atom is 0.408 e. The van der Waals surface area contributed by atoms with Gasteiger partial charge in [0.05, 0.1) is 12.6 Å². The first-order chi connectivity index (χ1) is 20.8. The van der Waals surface area contributed by atoms with Crippen LogP contribution in [-0.2, 0) is 30.1 Å². The number of nitrogens with one attached hydrogen (secondary N) is 2. The van der Waals surface area contributed by atoms with Crippen LogP contribution in [0.15, 0.2) is 35.4 Å². The summed E-state index contributed by atoms with van der Waals surface area (Å²) in [6.45, 7) is 12.1. The predicted molar refractivity (Wildman–Crippen MR) is 174 cm³/mol. The third-order valence-electron chi connectivity index (χ3n) is 7.02. The molecule has 2 amide bonds. The van der Waals surface area contributed by atoms with Crippen LogP contribution in [0.4, 0.5) is 4.79 Å². The Bertz CT molecular complexity index is 1160.